The van der Waals surface area contributed by atoms with E-state index in [1.54, 1.807) is 6.07 Å². The molecular formula is C14H12N4O2S2. The number of rotatable bonds is 4. The fourth-order valence-electron chi connectivity index (χ4n) is 1.80. The highest BCUT2D eigenvalue weighted by molar-refractivity contribution is 7.92. The molecule has 2 heterocycles. The van der Waals surface area contributed by atoms with Gasteiger partial charge in [0.15, 0.2) is 0 Å². The van der Waals surface area contributed by atoms with Gasteiger partial charge < -0.3 is 5.73 Å². The molecule has 3 N–H and O–H groups in total. The summed E-state index contributed by atoms with van der Waals surface area (Å²) in [5.41, 5.74) is 6.72. The second-order valence-electron chi connectivity index (χ2n) is 4.42. The van der Waals surface area contributed by atoms with Crippen molar-refractivity contribution in [1.82, 2.24) is 9.97 Å². The van der Waals surface area contributed by atoms with Crippen LogP contribution in [0.1, 0.15) is 0 Å². The molecule has 2 aromatic heterocycles. The molecule has 1 aromatic carbocycles. The zero-order valence-corrected chi connectivity index (χ0v) is 12.9. The van der Waals surface area contributed by atoms with E-state index in [0.717, 1.165) is 4.88 Å². The molecule has 3 aromatic rings. The SMILES string of the molecule is Nc1ccc(S(=O)(=O)Nc2nccc(-c3cccs3)n2)cc1. The summed E-state index contributed by atoms with van der Waals surface area (Å²) in [5, 5.41) is 1.93. The molecule has 0 fully saturated rings. The van der Waals surface area contributed by atoms with Crippen molar-refractivity contribution >= 4 is 33.0 Å². The Kier molecular flexibility index (Phi) is 3.78. The maximum atomic E-state index is 12.3. The maximum absolute atomic E-state index is 12.3. The van der Waals surface area contributed by atoms with Crippen LogP contribution in [0.2, 0.25) is 0 Å². The summed E-state index contributed by atoms with van der Waals surface area (Å²) in [5.74, 6) is 0.0303. The molecule has 0 saturated carbocycles. The number of hydrogen-bond donors (Lipinski definition) is 2. The van der Waals surface area contributed by atoms with Gasteiger partial charge in [0.05, 0.1) is 15.5 Å². The van der Waals surface area contributed by atoms with Crippen LogP contribution in [-0.4, -0.2) is 18.4 Å². The third kappa shape index (κ3) is 3.07. The number of nitrogens with one attached hydrogen (secondary N) is 1. The Morgan fingerprint density at radius 1 is 1.09 bits per heavy atom. The molecule has 8 heteroatoms. The minimum atomic E-state index is -3.74. The largest absolute Gasteiger partial charge is 0.399 e. The Morgan fingerprint density at radius 3 is 2.55 bits per heavy atom. The molecule has 0 aliphatic carbocycles. The number of thiophene rings is 1. The normalized spacial score (nSPS) is 11.3. The molecule has 0 aliphatic heterocycles. The molecule has 0 amide bonds. The van der Waals surface area contributed by atoms with Crippen molar-refractivity contribution in [2.75, 3.05) is 10.5 Å². The lowest BCUT2D eigenvalue weighted by atomic mass is 10.3. The summed E-state index contributed by atoms with van der Waals surface area (Å²) in [7, 11) is -3.74. The zero-order valence-electron chi connectivity index (χ0n) is 11.3. The second-order valence-corrected chi connectivity index (χ2v) is 7.05. The van der Waals surface area contributed by atoms with Crippen molar-refractivity contribution in [1.29, 1.82) is 0 Å². The number of sulfonamides is 1. The van der Waals surface area contributed by atoms with E-state index in [1.165, 1.54) is 41.8 Å². The van der Waals surface area contributed by atoms with Gasteiger partial charge in [-0.1, -0.05) is 6.07 Å². The van der Waals surface area contributed by atoms with E-state index in [2.05, 4.69) is 14.7 Å². The number of nitrogens with zero attached hydrogens (tertiary/aromatic N) is 2. The fourth-order valence-corrected chi connectivity index (χ4v) is 3.44. The van der Waals surface area contributed by atoms with Crippen LogP contribution in [0.3, 0.4) is 0 Å². The van der Waals surface area contributed by atoms with E-state index >= 15 is 0 Å². The maximum Gasteiger partial charge on any atom is 0.264 e. The van der Waals surface area contributed by atoms with E-state index in [0.29, 0.717) is 11.4 Å². The standard InChI is InChI=1S/C14H12N4O2S2/c15-10-3-5-11(6-4-10)22(19,20)18-14-16-8-7-12(17-14)13-2-1-9-21-13/h1-9H,15H2,(H,16,17,18). The first-order valence-corrected chi connectivity index (χ1v) is 8.66. The molecule has 0 atom stereocenters. The number of benzene rings is 1. The molecule has 0 radical (unpaired) electrons. The minimum absolute atomic E-state index is 0.0303. The summed E-state index contributed by atoms with van der Waals surface area (Å²) in [6.45, 7) is 0. The molecule has 3 rings (SSSR count). The van der Waals surface area contributed by atoms with Gasteiger partial charge in [0, 0.05) is 11.9 Å². The second kappa shape index (κ2) is 5.74. The first kappa shape index (κ1) is 14.5. The lowest BCUT2D eigenvalue weighted by Gasteiger charge is -2.07. The summed E-state index contributed by atoms with van der Waals surface area (Å²) >= 11 is 1.52. The van der Waals surface area contributed by atoms with Crippen molar-refractivity contribution < 1.29 is 8.42 Å². The monoisotopic (exact) mass is 332 g/mol. The van der Waals surface area contributed by atoms with Crippen LogP contribution in [0.25, 0.3) is 10.6 Å². The lowest BCUT2D eigenvalue weighted by molar-refractivity contribution is 0.601. The molecule has 112 valence electrons. The third-order valence-electron chi connectivity index (χ3n) is 2.85. The molecule has 0 saturated heterocycles. The van der Waals surface area contributed by atoms with E-state index in [4.69, 9.17) is 5.73 Å². The van der Waals surface area contributed by atoms with Crippen molar-refractivity contribution in [3.05, 3.63) is 54.0 Å². The number of nitrogens with two attached hydrogens (primary N) is 1. The topological polar surface area (TPSA) is 98.0 Å². The van der Waals surface area contributed by atoms with Crippen LogP contribution < -0.4 is 10.5 Å². The van der Waals surface area contributed by atoms with E-state index in [9.17, 15) is 8.42 Å². The van der Waals surface area contributed by atoms with Crippen LogP contribution in [0, 0.1) is 0 Å². The Labute approximate surface area is 131 Å². The highest BCUT2D eigenvalue weighted by atomic mass is 32.2. The third-order valence-corrected chi connectivity index (χ3v) is 5.08. The molecule has 0 spiro atoms. The number of aromatic nitrogens is 2. The van der Waals surface area contributed by atoms with Crippen LogP contribution in [0.5, 0.6) is 0 Å². The van der Waals surface area contributed by atoms with Crippen molar-refractivity contribution in [3.63, 3.8) is 0 Å². The number of anilines is 2. The number of hydrogen-bond acceptors (Lipinski definition) is 6. The van der Waals surface area contributed by atoms with Gasteiger partial charge in [0.25, 0.3) is 10.0 Å². The Balaban J connectivity index is 1.89. The average Bonchev–Trinajstić information content (AvgIpc) is 3.02. The van der Waals surface area contributed by atoms with E-state index in [1.807, 2.05) is 17.5 Å². The summed E-state index contributed by atoms with van der Waals surface area (Å²) < 4.78 is 26.9. The van der Waals surface area contributed by atoms with Crippen LogP contribution in [0.15, 0.2) is 58.9 Å². The highest BCUT2D eigenvalue weighted by Crippen LogP contribution is 2.23. The van der Waals surface area contributed by atoms with E-state index in [-0.39, 0.29) is 10.8 Å². The zero-order chi connectivity index (χ0) is 15.6. The molecule has 6 nitrogen and oxygen atoms in total. The van der Waals surface area contributed by atoms with Gasteiger partial charge in [-0.15, -0.1) is 11.3 Å². The van der Waals surface area contributed by atoms with Gasteiger partial charge in [-0.05, 0) is 41.8 Å². The first-order valence-electron chi connectivity index (χ1n) is 6.30. The van der Waals surface area contributed by atoms with Crippen molar-refractivity contribution in [2.45, 2.75) is 4.90 Å². The Morgan fingerprint density at radius 2 is 1.86 bits per heavy atom. The summed E-state index contributed by atoms with van der Waals surface area (Å²) in [6.07, 6.45) is 1.52. The molecule has 0 bridgehead atoms. The van der Waals surface area contributed by atoms with Crippen LogP contribution in [-0.2, 0) is 10.0 Å². The Hall–Kier alpha value is -2.45. The molecule has 0 aliphatic rings. The van der Waals surface area contributed by atoms with Gasteiger partial charge >= 0.3 is 0 Å². The lowest BCUT2D eigenvalue weighted by Crippen LogP contribution is -2.15. The molecule has 22 heavy (non-hydrogen) atoms. The van der Waals surface area contributed by atoms with Crippen molar-refractivity contribution in [2.24, 2.45) is 0 Å². The van der Waals surface area contributed by atoms with Gasteiger partial charge in [0.1, 0.15) is 0 Å². The summed E-state index contributed by atoms with van der Waals surface area (Å²) in [4.78, 5) is 9.23. The molecule has 0 unspecified atom stereocenters. The predicted octanol–water partition coefficient (Wildman–Crippen LogP) is 2.59. The number of nitrogen functional groups attached to an aromatic ring is 1. The van der Waals surface area contributed by atoms with Gasteiger partial charge in [-0.2, -0.15) is 0 Å². The first-order chi connectivity index (χ1) is 10.5. The van der Waals surface area contributed by atoms with Gasteiger partial charge in [-0.25, -0.2) is 23.1 Å². The smallest absolute Gasteiger partial charge is 0.264 e. The van der Waals surface area contributed by atoms with Crippen molar-refractivity contribution in [3.8, 4) is 10.6 Å². The van der Waals surface area contributed by atoms with Crippen LogP contribution >= 0.6 is 11.3 Å². The highest BCUT2D eigenvalue weighted by Gasteiger charge is 2.16. The molecular weight excluding hydrogens is 320 g/mol. The quantitative estimate of drug-likeness (QED) is 0.716. The van der Waals surface area contributed by atoms with Crippen LogP contribution in [0.4, 0.5) is 11.6 Å². The fraction of sp³-hybridized carbons (Fsp3) is 0. The average molecular weight is 332 g/mol. The van der Waals surface area contributed by atoms with E-state index < -0.39 is 10.0 Å². The predicted molar refractivity (Wildman–Crippen MR) is 87.0 cm³/mol. The van der Waals surface area contributed by atoms with Gasteiger partial charge in [-0.3, -0.25) is 0 Å². The summed E-state index contributed by atoms with van der Waals surface area (Å²) in [6, 6.07) is 11.5. The van der Waals surface area contributed by atoms with Gasteiger partial charge in [0.2, 0.25) is 5.95 Å². The minimum Gasteiger partial charge on any atom is -0.399 e. The Bertz CT molecular complexity index is 875.